The maximum absolute atomic E-state index is 11.8. The Balaban J connectivity index is 1.79. The van der Waals surface area contributed by atoms with Crippen molar-refractivity contribution >= 4 is 11.9 Å². The number of carbonyl (C=O) groups is 2. The molecule has 3 fully saturated rings. The van der Waals surface area contributed by atoms with Gasteiger partial charge in [-0.1, -0.05) is 12.8 Å². The van der Waals surface area contributed by atoms with E-state index in [0.29, 0.717) is 11.8 Å². The van der Waals surface area contributed by atoms with Crippen LogP contribution in [0.4, 0.5) is 0 Å². The van der Waals surface area contributed by atoms with Gasteiger partial charge < -0.3 is 9.47 Å². The smallest absolute Gasteiger partial charge is 0.312 e. The van der Waals surface area contributed by atoms with E-state index in [9.17, 15) is 9.59 Å². The Morgan fingerprint density at radius 3 is 2.31 bits per heavy atom. The Morgan fingerprint density at radius 2 is 1.81 bits per heavy atom. The van der Waals surface area contributed by atoms with Crippen LogP contribution in [-0.2, 0) is 19.1 Å². The third kappa shape index (κ3) is 2.54. The van der Waals surface area contributed by atoms with E-state index in [1.54, 1.807) is 0 Å². The van der Waals surface area contributed by atoms with Crippen LogP contribution in [0, 0.1) is 17.8 Å². The molecule has 0 N–H and O–H groups in total. The Labute approximate surface area is 95.3 Å². The molecule has 1 atom stereocenters. The summed E-state index contributed by atoms with van der Waals surface area (Å²) in [5, 5.41) is 0. The van der Waals surface area contributed by atoms with Gasteiger partial charge in [0, 0.05) is 6.92 Å². The summed E-state index contributed by atoms with van der Waals surface area (Å²) in [7, 11) is 0. The third-order valence-electron chi connectivity index (χ3n) is 3.81. The van der Waals surface area contributed by atoms with E-state index in [4.69, 9.17) is 4.74 Å². The minimum atomic E-state index is -0.419. The van der Waals surface area contributed by atoms with Crippen molar-refractivity contribution in [2.45, 2.75) is 39.0 Å². The molecule has 3 saturated carbocycles. The fraction of sp³-hybridized carbons (Fsp3) is 0.833. The molecule has 2 bridgehead atoms. The van der Waals surface area contributed by atoms with E-state index >= 15 is 0 Å². The minimum absolute atomic E-state index is 0.0445. The van der Waals surface area contributed by atoms with Gasteiger partial charge >= 0.3 is 11.9 Å². The zero-order chi connectivity index (χ0) is 11.5. The second kappa shape index (κ2) is 4.85. The van der Waals surface area contributed by atoms with E-state index in [-0.39, 0.29) is 18.7 Å². The molecule has 3 aliphatic carbocycles. The van der Waals surface area contributed by atoms with Crippen LogP contribution in [0.25, 0.3) is 0 Å². The summed E-state index contributed by atoms with van der Waals surface area (Å²) in [5.74, 6) is 0.641. The number of esters is 2. The van der Waals surface area contributed by atoms with Crippen molar-refractivity contribution in [3.05, 3.63) is 0 Å². The monoisotopic (exact) mass is 226 g/mol. The summed E-state index contributed by atoms with van der Waals surface area (Å²) in [6.45, 7) is 1.07. The van der Waals surface area contributed by atoms with Gasteiger partial charge in [0.05, 0.1) is 5.92 Å². The molecule has 0 saturated heterocycles. The predicted octanol–water partition coefficient (Wildman–Crippen LogP) is 1.88. The van der Waals surface area contributed by atoms with E-state index < -0.39 is 5.97 Å². The molecule has 0 radical (unpaired) electrons. The first-order valence-electron chi connectivity index (χ1n) is 5.97. The molecular weight excluding hydrogens is 208 g/mol. The highest BCUT2D eigenvalue weighted by Gasteiger charge is 2.40. The average Bonchev–Trinajstić information content (AvgIpc) is 2.30. The second-order valence-electron chi connectivity index (χ2n) is 4.84. The first kappa shape index (κ1) is 11.4. The molecule has 3 rings (SSSR count). The zero-order valence-electron chi connectivity index (χ0n) is 9.61. The fourth-order valence-electron chi connectivity index (χ4n) is 2.94. The number of carbonyl (C=O) groups excluding carboxylic acids is 2. The quantitative estimate of drug-likeness (QED) is 0.544. The van der Waals surface area contributed by atoms with Gasteiger partial charge in [0.1, 0.15) is 0 Å². The number of hydrogen-bond acceptors (Lipinski definition) is 4. The number of rotatable bonds is 3. The third-order valence-corrected chi connectivity index (χ3v) is 3.81. The molecule has 0 spiro atoms. The molecule has 0 aromatic heterocycles. The topological polar surface area (TPSA) is 52.6 Å². The number of fused-ring (bicyclic) bond motifs is 3. The summed E-state index contributed by atoms with van der Waals surface area (Å²) in [6, 6.07) is 0. The molecule has 0 aromatic rings. The first-order chi connectivity index (χ1) is 7.66. The lowest BCUT2D eigenvalue weighted by atomic mass is 9.65. The van der Waals surface area contributed by atoms with Crippen LogP contribution in [0.2, 0.25) is 0 Å². The Morgan fingerprint density at radius 1 is 1.12 bits per heavy atom. The predicted molar refractivity (Wildman–Crippen MR) is 56.3 cm³/mol. The Bertz CT molecular complexity index is 279. The van der Waals surface area contributed by atoms with Crippen LogP contribution in [0.3, 0.4) is 0 Å². The van der Waals surface area contributed by atoms with E-state index in [1.165, 1.54) is 19.8 Å². The largest absolute Gasteiger partial charge is 0.428 e. The summed E-state index contributed by atoms with van der Waals surface area (Å²) in [4.78, 5) is 22.3. The van der Waals surface area contributed by atoms with Crippen LogP contribution in [0.5, 0.6) is 0 Å². The minimum Gasteiger partial charge on any atom is -0.428 e. The van der Waals surface area contributed by atoms with Crippen LogP contribution in [-0.4, -0.2) is 18.7 Å². The van der Waals surface area contributed by atoms with Crippen molar-refractivity contribution in [2.24, 2.45) is 17.8 Å². The first-order valence-corrected chi connectivity index (χ1v) is 5.97. The maximum atomic E-state index is 11.8. The standard InChI is InChI=1S/C12H18O4/c1-8(13)15-7-16-12(14)11-6-9-2-4-10(11)5-3-9/h9-11H,2-7H2,1H3. The van der Waals surface area contributed by atoms with Crippen LogP contribution in [0.15, 0.2) is 0 Å². The molecule has 0 aliphatic heterocycles. The highest BCUT2D eigenvalue weighted by molar-refractivity contribution is 5.73. The molecule has 16 heavy (non-hydrogen) atoms. The summed E-state index contributed by atoms with van der Waals surface area (Å²) < 4.78 is 9.56. The average molecular weight is 226 g/mol. The molecule has 4 nitrogen and oxygen atoms in total. The number of ether oxygens (including phenoxy) is 2. The van der Waals surface area contributed by atoms with Crippen molar-refractivity contribution in [3.63, 3.8) is 0 Å². The molecule has 0 aromatic carbocycles. The van der Waals surface area contributed by atoms with Crippen molar-refractivity contribution < 1.29 is 19.1 Å². The lowest BCUT2D eigenvalue weighted by Gasteiger charge is -2.40. The molecule has 0 heterocycles. The Hall–Kier alpha value is -1.06. The maximum Gasteiger partial charge on any atom is 0.312 e. The van der Waals surface area contributed by atoms with Crippen LogP contribution in [0.1, 0.15) is 39.0 Å². The highest BCUT2D eigenvalue weighted by Crippen LogP contribution is 2.45. The SMILES string of the molecule is CC(=O)OCOC(=O)C1CC2CCC1CC2. The molecule has 0 amide bonds. The van der Waals surface area contributed by atoms with E-state index in [0.717, 1.165) is 19.3 Å². The summed E-state index contributed by atoms with van der Waals surface area (Å²) in [5.41, 5.74) is 0. The second-order valence-corrected chi connectivity index (χ2v) is 4.84. The van der Waals surface area contributed by atoms with Gasteiger partial charge in [0.25, 0.3) is 0 Å². The van der Waals surface area contributed by atoms with Crippen LogP contribution >= 0.6 is 0 Å². The lowest BCUT2D eigenvalue weighted by molar-refractivity contribution is -0.172. The lowest BCUT2D eigenvalue weighted by Crippen LogP contribution is -2.37. The van der Waals surface area contributed by atoms with Crippen molar-refractivity contribution in [2.75, 3.05) is 6.79 Å². The molecule has 3 aliphatic rings. The van der Waals surface area contributed by atoms with E-state index in [2.05, 4.69) is 4.74 Å². The number of hydrogen-bond donors (Lipinski definition) is 0. The van der Waals surface area contributed by atoms with Gasteiger partial charge in [-0.3, -0.25) is 9.59 Å². The Kier molecular flexibility index (Phi) is 3.46. The van der Waals surface area contributed by atoms with Gasteiger partial charge in [0.2, 0.25) is 6.79 Å². The van der Waals surface area contributed by atoms with Gasteiger partial charge in [-0.25, -0.2) is 0 Å². The molecular formula is C12H18O4. The van der Waals surface area contributed by atoms with E-state index in [1.807, 2.05) is 0 Å². The normalized spacial score (nSPS) is 32.2. The van der Waals surface area contributed by atoms with Gasteiger partial charge in [-0.05, 0) is 31.1 Å². The van der Waals surface area contributed by atoms with Crippen LogP contribution < -0.4 is 0 Å². The fourth-order valence-corrected chi connectivity index (χ4v) is 2.94. The molecule has 4 heteroatoms. The summed E-state index contributed by atoms with van der Waals surface area (Å²) >= 11 is 0. The van der Waals surface area contributed by atoms with Gasteiger partial charge in [-0.2, -0.15) is 0 Å². The summed E-state index contributed by atoms with van der Waals surface area (Å²) in [6.07, 6.45) is 5.79. The van der Waals surface area contributed by atoms with Gasteiger partial charge in [0.15, 0.2) is 0 Å². The molecule has 90 valence electrons. The zero-order valence-corrected chi connectivity index (χ0v) is 9.61. The van der Waals surface area contributed by atoms with Crippen molar-refractivity contribution in [1.82, 2.24) is 0 Å². The van der Waals surface area contributed by atoms with Crippen molar-refractivity contribution in [3.8, 4) is 0 Å². The molecule has 1 unspecified atom stereocenters. The highest BCUT2D eigenvalue weighted by atomic mass is 16.7. The van der Waals surface area contributed by atoms with Gasteiger partial charge in [-0.15, -0.1) is 0 Å². The van der Waals surface area contributed by atoms with Crippen molar-refractivity contribution in [1.29, 1.82) is 0 Å².